The molecule has 21 nitrogen and oxygen atoms in total. The Kier molecular flexibility index (Phi) is 15.2. The summed E-state index contributed by atoms with van der Waals surface area (Å²) in [4.78, 5) is 64.0. The molecule has 0 radical (unpaired) electrons. The van der Waals surface area contributed by atoms with Crippen LogP contribution in [0.3, 0.4) is 0 Å². The maximum atomic E-state index is 14.1. The van der Waals surface area contributed by atoms with Crippen molar-refractivity contribution in [1.29, 1.82) is 0 Å². The Morgan fingerprint density at radius 1 is 0.734 bits per heavy atom. The van der Waals surface area contributed by atoms with Crippen molar-refractivity contribution in [2.45, 2.75) is 58.0 Å². The maximum absolute atomic E-state index is 14.1. The van der Waals surface area contributed by atoms with Crippen molar-refractivity contribution in [2.75, 3.05) is 65.0 Å². The van der Waals surface area contributed by atoms with Crippen LogP contribution in [0, 0.1) is 5.92 Å². The van der Waals surface area contributed by atoms with Crippen molar-refractivity contribution in [3.05, 3.63) is 143 Å². The van der Waals surface area contributed by atoms with E-state index in [1.807, 2.05) is 47.2 Å². The molecule has 0 saturated heterocycles. The van der Waals surface area contributed by atoms with Gasteiger partial charge in [-0.05, 0) is 89.2 Å². The second-order valence-corrected chi connectivity index (χ2v) is 20.1. The molecule has 2 aliphatic heterocycles. The monoisotopic (exact) mass is 1080 g/mol. The fourth-order valence-corrected chi connectivity index (χ4v) is 9.83. The number of carbonyl (C=O) groups excluding carboxylic acids is 4. The van der Waals surface area contributed by atoms with E-state index in [4.69, 9.17) is 13.9 Å². The van der Waals surface area contributed by atoms with Gasteiger partial charge in [-0.1, -0.05) is 28.6 Å². The van der Waals surface area contributed by atoms with Crippen molar-refractivity contribution in [3.63, 3.8) is 0 Å². The van der Waals surface area contributed by atoms with Gasteiger partial charge >= 0.3 is 6.18 Å². The second-order valence-electron chi connectivity index (χ2n) is 20.1. The van der Waals surface area contributed by atoms with Crippen LogP contribution in [0.1, 0.15) is 74.1 Å². The van der Waals surface area contributed by atoms with Crippen LogP contribution in [0.4, 0.5) is 24.5 Å². The average Bonchev–Trinajstić information content (AvgIpc) is 4.48. The number of furan rings is 2. The van der Waals surface area contributed by atoms with Crippen LogP contribution >= 0.6 is 0 Å². The largest absolute Gasteiger partial charge is 0.449 e. The molecule has 10 rings (SSSR count). The fourth-order valence-electron chi connectivity index (χ4n) is 9.83. The normalized spacial score (nSPS) is 14.9. The molecule has 410 valence electrons. The molecule has 0 aliphatic carbocycles. The zero-order valence-corrected chi connectivity index (χ0v) is 44.2. The first kappa shape index (κ1) is 53.3. The van der Waals surface area contributed by atoms with Crippen LogP contribution in [0.25, 0.3) is 33.1 Å². The highest BCUT2D eigenvalue weighted by Crippen LogP contribution is 2.37. The lowest BCUT2D eigenvalue weighted by Crippen LogP contribution is -2.40. The minimum atomic E-state index is -4.59. The van der Waals surface area contributed by atoms with E-state index in [1.165, 1.54) is 15.9 Å². The highest BCUT2D eigenvalue weighted by atomic mass is 19.4. The van der Waals surface area contributed by atoms with Crippen LogP contribution in [-0.2, 0) is 55.4 Å². The molecule has 2 aliphatic rings. The standard InChI is InChI=1S/C55H58F3N15O6/c1-67(2)53(76)46-25-39-21-37(36-7-6-14-70(32-36)49(74)10-15-72-17-12-62-65-72)23-45(52(39)79-46)60-30-43-27-42(64-69(43)5)20-35-19-41(33-71(31-35)50(75)11-16-73-18-13-63-66-73)38-22-40-26-47(54(77)68(3)4)78-51(40)44(24-38)59-28-34-8-9-48(61-29-34)55(56,57)58/h7-9,12-13,17-19,21-27,29,35,59-60H,6,10-11,14-16,20,28,30-33H2,1-5H3. The number of benzene rings is 2. The molecule has 6 aromatic heterocycles. The van der Waals surface area contributed by atoms with Crippen LogP contribution in [0.5, 0.6) is 0 Å². The van der Waals surface area contributed by atoms with Gasteiger partial charge in [0, 0.05) is 116 Å². The van der Waals surface area contributed by atoms with E-state index in [1.54, 1.807) is 79.2 Å². The Morgan fingerprint density at radius 2 is 1.32 bits per heavy atom. The minimum absolute atomic E-state index is 0.0121. The van der Waals surface area contributed by atoms with Crippen molar-refractivity contribution in [2.24, 2.45) is 13.0 Å². The van der Waals surface area contributed by atoms with Crippen molar-refractivity contribution < 1.29 is 41.2 Å². The number of hydrogen-bond acceptors (Lipinski definition) is 14. The SMILES string of the molecule is CN(C)C(=O)c1cc2cc(C3=CC(Cc4cc(CNc5cc(C6=CCCN(C(=O)CCn7ccnn7)C6)cc6cc(C(=O)N(C)C)oc56)n(C)n4)CN(C(=O)CCn4ccnn4)C3)cc(NCc3ccc(C(F)(F)F)nc3)c2o1. The highest BCUT2D eigenvalue weighted by Gasteiger charge is 2.32. The molecule has 79 heavy (non-hydrogen) atoms. The number of hydrogen-bond donors (Lipinski definition) is 2. The Bertz CT molecular complexity index is 3590. The zero-order valence-electron chi connectivity index (χ0n) is 44.2. The summed E-state index contributed by atoms with van der Waals surface area (Å²) < 4.78 is 57.5. The molecule has 2 N–H and O–H groups in total. The predicted molar refractivity (Wildman–Crippen MR) is 286 cm³/mol. The molecule has 1 atom stereocenters. The van der Waals surface area contributed by atoms with Gasteiger partial charge in [-0.15, -0.1) is 10.2 Å². The van der Waals surface area contributed by atoms with Crippen LogP contribution in [-0.4, -0.2) is 142 Å². The maximum Gasteiger partial charge on any atom is 0.433 e. The quantitative estimate of drug-likeness (QED) is 0.0882. The number of fused-ring (bicyclic) bond motifs is 2. The molecule has 2 aromatic carbocycles. The lowest BCUT2D eigenvalue weighted by molar-refractivity contribution is -0.141. The Morgan fingerprint density at radius 3 is 1.87 bits per heavy atom. The molecule has 4 amide bonds. The number of nitrogens with zero attached hydrogens (tertiary/aromatic N) is 13. The van der Waals surface area contributed by atoms with Crippen LogP contribution < -0.4 is 10.6 Å². The van der Waals surface area contributed by atoms with Crippen molar-refractivity contribution >= 4 is 68.1 Å². The Balaban J connectivity index is 0.920. The molecule has 0 fully saturated rings. The highest BCUT2D eigenvalue weighted by molar-refractivity contribution is 6.02. The molecular weight excluding hydrogens is 1020 g/mol. The van der Waals surface area contributed by atoms with Crippen LogP contribution in [0.2, 0.25) is 0 Å². The number of anilines is 2. The van der Waals surface area contributed by atoms with Gasteiger partial charge in [0.25, 0.3) is 11.8 Å². The number of nitrogens with one attached hydrogen (secondary N) is 2. The van der Waals surface area contributed by atoms with E-state index in [2.05, 4.69) is 48.4 Å². The minimum Gasteiger partial charge on any atom is -0.449 e. The molecule has 8 aromatic rings. The molecule has 0 spiro atoms. The van der Waals surface area contributed by atoms with E-state index in [9.17, 15) is 32.3 Å². The van der Waals surface area contributed by atoms with Crippen LogP contribution in [0.15, 0.2) is 107 Å². The second kappa shape index (κ2) is 22.5. The summed E-state index contributed by atoms with van der Waals surface area (Å²) in [5, 5.41) is 28.9. The molecular formula is C55H58F3N15O6. The van der Waals surface area contributed by atoms with E-state index < -0.39 is 11.9 Å². The van der Waals surface area contributed by atoms with E-state index >= 15 is 0 Å². The molecule has 0 saturated carbocycles. The van der Waals surface area contributed by atoms with Gasteiger partial charge in [0.2, 0.25) is 11.8 Å². The summed E-state index contributed by atoms with van der Waals surface area (Å²) in [6.07, 6.45) is 9.01. The third-order valence-corrected chi connectivity index (χ3v) is 13.9. The summed E-state index contributed by atoms with van der Waals surface area (Å²) in [6.45, 7) is 2.83. The number of aryl methyl sites for hydroxylation is 3. The summed E-state index contributed by atoms with van der Waals surface area (Å²) in [5.74, 6) is -0.644. The predicted octanol–water partition coefficient (Wildman–Crippen LogP) is 7.02. The average molecular weight is 1080 g/mol. The van der Waals surface area contributed by atoms with Gasteiger partial charge in [0.15, 0.2) is 22.7 Å². The first-order valence-electron chi connectivity index (χ1n) is 25.7. The number of rotatable bonds is 18. The molecule has 24 heteroatoms. The number of pyridine rings is 1. The van der Waals surface area contributed by atoms with Crippen molar-refractivity contribution in [1.82, 2.24) is 64.4 Å². The first-order valence-corrected chi connectivity index (χ1v) is 25.7. The fraction of sp³-hybridized carbons (Fsp3) is 0.345. The smallest absolute Gasteiger partial charge is 0.433 e. The van der Waals surface area contributed by atoms with E-state index in [-0.39, 0.29) is 67.0 Å². The lowest BCUT2D eigenvalue weighted by Gasteiger charge is -2.32. The van der Waals surface area contributed by atoms with E-state index in [0.717, 1.165) is 51.3 Å². The number of alkyl halides is 3. The van der Waals surface area contributed by atoms with Gasteiger partial charge in [-0.3, -0.25) is 38.2 Å². The van der Waals surface area contributed by atoms with Crippen molar-refractivity contribution in [3.8, 4) is 0 Å². The van der Waals surface area contributed by atoms with Gasteiger partial charge in [0.1, 0.15) is 5.69 Å². The van der Waals surface area contributed by atoms with Gasteiger partial charge in [-0.2, -0.15) is 18.3 Å². The third-order valence-electron chi connectivity index (χ3n) is 13.9. The Hall–Kier alpha value is -9.09. The van der Waals surface area contributed by atoms with Gasteiger partial charge in [0.05, 0.1) is 54.8 Å². The summed E-state index contributed by atoms with van der Waals surface area (Å²) >= 11 is 0. The number of amides is 4. The summed E-state index contributed by atoms with van der Waals surface area (Å²) in [5.41, 5.74) is 6.54. The zero-order chi connectivity index (χ0) is 55.5. The van der Waals surface area contributed by atoms with E-state index in [0.29, 0.717) is 85.6 Å². The topological polar surface area (TPSA) is 224 Å². The Labute approximate surface area is 451 Å². The summed E-state index contributed by atoms with van der Waals surface area (Å²) in [6, 6.07) is 15.4. The number of aromatic nitrogens is 9. The molecule has 1 unspecified atom stereocenters. The molecule has 0 bridgehead atoms. The van der Waals surface area contributed by atoms with Gasteiger partial charge < -0.3 is 39.1 Å². The first-order chi connectivity index (χ1) is 37.9. The number of carbonyl (C=O) groups is 4. The molecule has 8 heterocycles. The number of halogens is 3. The lowest BCUT2D eigenvalue weighted by atomic mass is 9.91. The van der Waals surface area contributed by atoms with Gasteiger partial charge in [-0.25, -0.2) is 0 Å². The summed E-state index contributed by atoms with van der Waals surface area (Å²) in [7, 11) is 8.42. The third kappa shape index (κ3) is 12.2.